The van der Waals surface area contributed by atoms with Gasteiger partial charge in [-0.2, -0.15) is 0 Å². The van der Waals surface area contributed by atoms with E-state index < -0.39 is 12.1 Å². The number of ether oxygens (including phenoxy) is 2. The summed E-state index contributed by atoms with van der Waals surface area (Å²) < 4.78 is 10.6. The second kappa shape index (κ2) is 15.6. The first-order valence-corrected chi connectivity index (χ1v) is 9.27. The van der Waals surface area contributed by atoms with Crippen molar-refractivity contribution < 1.29 is 19.1 Å². The van der Waals surface area contributed by atoms with Crippen LogP contribution in [0.1, 0.15) is 27.0 Å². The Morgan fingerprint density at radius 3 is 2.71 bits per heavy atom. The van der Waals surface area contributed by atoms with Crippen molar-refractivity contribution in [3.8, 4) is 0 Å². The molecule has 0 aliphatic rings. The normalized spacial score (nSPS) is 12.1. The molecule has 1 aromatic carbocycles. The quantitative estimate of drug-likeness (QED) is 0.122. The molecule has 1 heterocycles. The highest BCUT2D eigenvalue weighted by Gasteiger charge is 2.16. The third kappa shape index (κ3) is 9.91. The van der Waals surface area contributed by atoms with E-state index in [-0.39, 0.29) is 33.0 Å². The van der Waals surface area contributed by atoms with E-state index in [9.17, 15) is 4.79 Å². The van der Waals surface area contributed by atoms with Crippen molar-refractivity contribution in [3.63, 3.8) is 0 Å². The monoisotopic (exact) mass is 447 g/mol. The lowest BCUT2D eigenvalue weighted by Gasteiger charge is -2.14. The van der Waals surface area contributed by atoms with Crippen LogP contribution in [0.4, 0.5) is 0 Å². The fourth-order valence-electron chi connectivity index (χ4n) is 2.28. The average Bonchev–Trinajstić information content (AvgIpc) is 2.75. The molecule has 0 saturated carbocycles. The minimum atomic E-state index is -0.770. The van der Waals surface area contributed by atoms with E-state index in [0.717, 1.165) is 16.7 Å². The molecule has 0 N–H and O–H groups in total. The Kier molecular flexibility index (Phi) is 14.0. The van der Waals surface area contributed by atoms with Crippen LogP contribution in [0.25, 0.3) is 11.0 Å². The predicted octanol–water partition coefficient (Wildman–Crippen LogP) is 4.83. The summed E-state index contributed by atoms with van der Waals surface area (Å²) in [5.74, 6) is -0.0284. The van der Waals surface area contributed by atoms with E-state index in [4.69, 9.17) is 14.3 Å². The molecule has 168 valence electrons. The number of aromatic nitrogens is 2. The summed E-state index contributed by atoms with van der Waals surface area (Å²) in [7, 11) is 0. The number of carbonyl (C=O) groups is 1. The molecule has 0 bridgehead atoms. The first kappa shape index (κ1) is 27.8. The number of halogens is 1. The molecule has 2 rings (SSSR count). The zero-order valence-corrected chi connectivity index (χ0v) is 17.9. The van der Waals surface area contributed by atoms with Crippen molar-refractivity contribution in [1.82, 2.24) is 9.97 Å². The molecular weight excluding hydrogens is 418 g/mol. The van der Waals surface area contributed by atoms with Gasteiger partial charge in [-0.1, -0.05) is 43.4 Å². The molecule has 0 amide bonds. The Morgan fingerprint density at radius 1 is 1.26 bits per heavy atom. The van der Waals surface area contributed by atoms with E-state index in [1.54, 1.807) is 26.1 Å². The van der Waals surface area contributed by atoms with Gasteiger partial charge in [0.2, 0.25) is 0 Å². The van der Waals surface area contributed by atoms with Gasteiger partial charge in [-0.3, -0.25) is 4.98 Å². The summed E-state index contributed by atoms with van der Waals surface area (Å²) in [5.41, 5.74) is 2.59. The van der Waals surface area contributed by atoms with Crippen LogP contribution in [0.15, 0.2) is 72.3 Å². The fourth-order valence-corrected chi connectivity index (χ4v) is 2.28. The summed E-state index contributed by atoms with van der Waals surface area (Å²) in [5, 5.41) is 3.57. The molecule has 0 saturated heterocycles. The van der Waals surface area contributed by atoms with Crippen molar-refractivity contribution in [2.24, 2.45) is 5.16 Å². The predicted molar refractivity (Wildman–Crippen MR) is 126 cm³/mol. The number of hydrogen-bond donors (Lipinski definition) is 0. The molecule has 1 atom stereocenters. The van der Waals surface area contributed by atoms with Gasteiger partial charge in [-0.05, 0) is 38.1 Å². The molecule has 2 aromatic rings. The average molecular weight is 448 g/mol. The van der Waals surface area contributed by atoms with Crippen molar-refractivity contribution >= 4 is 35.6 Å². The van der Waals surface area contributed by atoms with E-state index in [1.165, 1.54) is 12.3 Å². The summed E-state index contributed by atoms with van der Waals surface area (Å²) in [6.07, 6.45) is 10.1. The third-order valence-corrected chi connectivity index (χ3v) is 3.67. The Hall–Kier alpha value is -3.19. The number of fused-ring (bicyclic) bond motifs is 1. The number of rotatable bonds is 11. The van der Waals surface area contributed by atoms with Crippen LogP contribution in [0.5, 0.6) is 0 Å². The van der Waals surface area contributed by atoms with Gasteiger partial charge in [0.05, 0.1) is 16.7 Å². The number of allylic oxidation sites excluding steroid dienone is 4. The number of esters is 1. The number of hydrogen-bond acceptors (Lipinski definition) is 7. The summed E-state index contributed by atoms with van der Waals surface area (Å²) in [4.78, 5) is 25.7. The van der Waals surface area contributed by atoms with Crippen LogP contribution in [0, 0.1) is 0 Å². The first-order valence-electron chi connectivity index (χ1n) is 9.27. The highest BCUT2D eigenvalue weighted by molar-refractivity contribution is 5.85. The smallest absolute Gasteiger partial charge is 0.347 e. The van der Waals surface area contributed by atoms with Crippen LogP contribution >= 0.6 is 12.4 Å². The van der Waals surface area contributed by atoms with E-state index in [1.807, 2.05) is 36.4 Å². The lowest BCUT2D eigenvalue weighted by atomic mass is 10.2. The highest BCUT2D eigenvalue weighted by Crippen LogP contribution is 2.10. The van der Waals surface area contributed by atoms with Gasteiger partial charge >= 0.3 is 5.97 Å². The molecule has 0 unspecified atom stereocenters. The third-order valence-electron chi connectivity index (χ3n) is 3.67. The maximum Gasteiger partial charge on any atom is 0.347 e. The zero-order valence-electron chi connectivity index (χ0n) is 17.1. The molecule has 7 nitrogen and oxygen atoms in total. The number of carbonyl (C=O) groups excluding carboxylic acids is 1. The van der Waals surface area contributed by atoms with Gasteiger partial charge in [0.15, 0.2) is 12.7 Å². The Balaban J connectivity index is 0.00000450. The van der Waals surface area contributed by atoms with Gasteiger partial charge in [-0.25, -0.2) is 9.78 Å². The van der Waals surface area contributed by atoms with Crippen molar-refractivity contribution in [3.05, 3.63) is 72.8 Å². The maximum absolute atomic E-state index is 11.9. The van der Waals surface area contributed by atoms with Crippen LogP contribution in [0.2, 0.25) is 0 Å². The van der Waals surface area contributed by atoms with Crippen LogP contribution in [0.3, 0.4) is 0 Å². The second-order valence-corrected chi connectivity index (χ2v) is 5.88. The highest BCUT2D eigenvalue weighted by atomic mass is 35.5. The topological polar surface area (TPSA) is 82.9 Å². The van der Waals surface area contributed by atoms with E-state index in [0.29, 0.717) is 12.2 Å². The van der Waals surface area contributed by atoms with E-state index in [2.05, 4.69) is 21.7 Å². The van der Waals surface area contributed by atoms with Crippen LogP contribution in [-0.2, 0) is 25.5 Å². The largest absolute Gasteiger partial charge is 0.479 e. The second-order valence-electron chi connectivity index (χ2n) is 5.88. The zero-order chi connectivity index (χ0) is 20.9. The maximum atomic E-state index is 11.9. The summed E-state index contributed by atoms with van der Waals surface area (Å²) in [6.45, 7) is 7.33. The van der Waals surface area contributed by atoms with Gasteiger partial charge in [0.1, 0.15) is 12.4 Å². The molecule has 0 spiro atoms. The molecule has 0 radical (unpaired) electrons. The lowest BCUT2D eigenvalue weighted by molar-refractivity contribution is -0.154. The molecule has 8 heteroatoms. The molecule has 0 fully saturated rings. The summed E-state index contributed by atoms with van der Waals surface area (Å²) >= 11 is 0. The van der Waals surface area contributed by atoms with Gasteiger partial charge in [0, 0.05) is 18.8 Å². The van der Waals surface area contributed by atoms with Crippen molar-refractivity contribution in [1.29, 1.82) is 0 Å². The fraction of sp³-hybridized carbons (Fsp3) is 0.304. The first-order chi connectivity index (χ1) is 14.1. The number of nitrogens with zero attached hydrogens (tertiary/aromatic N) is 3. The Morgan fingerprint density at radius 2 is 2.00 bits per heavy atom. The standard InChI is InChI=1S/C22H25N3O4.CH4.ClH/c1-4-19(29-17(3)22(26)27-14-15-28-24-5-2)11-7-6-10-18-16-23-20-12-8-9-13-21(20)25-18;;/h4-9,11-13,16-17H,1,10,14-15H2,2-3H3;1H4;1H/b7-6+,19-11+,24-5?;;/t17-;;/m1../s1. The minimum Gasteiger partial charge on any atom is -0.479 e. The van der Waals surface area contributed by atoms with E-state index >= 15 is 0 Å². The Bertz CT molecular complexity index is 913. The van der Waals surface area contributed by atoms with Crippen molar-refractivity contribution in [2.75, 3.05) is 13.2 Å². The molecule has 0 aliphatic heterocycles. The molecule has 0 aliphatic carbocycles. The van der Waals surface area contributed by atoms with Crippen LogP contribution in [-0.4, -0.2) is 41.5 Å². The molecule has 31 heavy (non-hydrogen) atoms. The molecular formula is C23H30ClN3O4. The summed E-state index contributed by atoms with van der Waals surface area (Å²) in [6, 6.07) is 7.73. The number of para-hydroxylation sites is 2. The van der Waals surface area contributed by atoms with Gasteiger partial charge in [-0.15, -0.1) is 12.4 Å². The SMILES string of the molecule is C.C=C/C(=C\C=C\Cc1cnc2ccccc2n1)O[C@H](C)C(=O)OCCON=CC.Cl. The van der Waals surface area contributed by atoms with Crippen molar-refractivity contribution in [2.45, 2.75) is 33.8 Å². The van der Waals surface area contributed by atoms with Gasteiger partial charge < -0.3 is 14.3 Å². The minimum absolute atomic E-state index is 0. The lowest BCUT2D eigenvalue weighted by Crippen LogP contribution is -2.24. The van der Waals surface area contributed by atoms with Crippen LogP contribution < -0.4 is 0 Å². The Labute approximate surface area is 189 Å². The number of benzene rings is 1. The van der Waals surface area contributed by atoms with Gasteiger partial charge in [0.25, 0.3) is 0 Å². The number of oxime groups is 1. The molecule has 1 aromatic heterocycles.